The molecule has 0 saturated carbocycles. The van der Waals surface area contributed by atoms with Crippen molar-refractivity contribution in [2.24, 2.45) is 0 Å². The number of rotatable bonds is 2. The molecule has 0 radical (unpaired) electrons. The van der Waals surface area contributed by atoms with Crippen molar-refractivity contribution < 1.29 is 20.3 Å². The molecular weight excluding hydrogens is 414 g/mol. The smallest absolute Gasteiger partial charge is 0.147 e. The number of fused-ring (bicyclic) bond motifs is 3. The number of allylic oxidation sites excluding steroid dienone is 4. The van der Waals surface area contributed by atoms with Gasteiger partial charge in [-0.2, -0.15) is 0 Å². The van der Waals surface area contributed by atoms with Crippen LogP contribution in [0.4, 0.5) is 0 Å². The third-order valence-corrected chi connectivity index (χ3v) is 20.7. The van der Waals surface area contributed by atoms with Crippen LogP contribution in [0.1, 0.15) is 28.1 Å². The van der Waals surface area contributed by atoms with Gasteiger partial charge in [0.15, 0.2) is 0 Å². The van der Waals surface area contributed by atoms with Gasteiger partial charge in [0.1, 0.15) is 0 Å². The molecular formula is C21H22Cl2Zr. The number of benzene rings is 2. The molecule has 3 aliphatic rings. The Hall–Kier alpha value is -0.617. The van der Waals surface area contributed by atoms with Gasteiger partial charge in [-0.3, -0.25) is 0 Å². The Balaban J connectivity index is 0.000000845. The fourth-order valence-electron chi connectivity index (χ4n) is 4.99. The summed E-state index contributed by atoms with van der Waals surface area (Å²) < 4.78 is 5.14. The predicted molar refractivity (Wildman–Crippen MR) is 104 cm³/mol. The van der Waals surface area contributed by atoms with Crippen molar-refractivity contribution in [1.29, 1.82) is 0 Å². The van der Waals surface area contributed by atoms with Gasteiger partial charge in [-0.25, -0.2) is 0 Å². The van der Waals surface area contributed by atoms with Crippen molar-refractivity contribution in [1.82, 2.24) is 0 Å². The average Bonchev–Trinajstić information content (AvgIpc) is 2.99. The second-order valence-corrected chi connectivity index (χ2v) is 18.6. The summed E-state index contributed by atoms with van der Waals surface area (Å²) in [5.41, 5.74) is 6.28. The van der Waals surface area contributed by atoms with Crippen LogP contribution in [0.2, 0.25) is 7.75 Å². The van der Waals surface area contributed by atoms with Crippen LogP contribution < -0.4 is 0 Å². The summed E-state index contributed by atoms with van der Waals surface area (Å²) in [6.45, 7) is 2.53. The molecule has 1 aliphatic heterocycles. The van der Waals surface area contributed by atoms with Crippen molar-refractivity contribution in [3.63, 3.8) is 0 Å². The summed E-state index contributed by atoms with van der Waals surface area (Å²) >= 11 is -2.29. The van der Waals surface area contributed by atoms with Crippen molar-refractivity contribution in [3.8, 4) is 11.1 Å². The van der Waals surface area contributed by atoms with Crippen LogP contribution in [0, 0.1) is 0 Å². The van der Waals surface area contributed by atoms with Crippen LogP contribution in [0.5, 0.6) is 0 Å². The fourth-order valence-corrected chi connectivity index (χ4v) is 21.7. The van der Waals surface area contributed by atoms with Crippen LogP contribution in [-0.4, -0.2) is 0 Å². The fraction of sp³-hybridized carbons (Fsp3) is 0.238. The first-order valence-electron chi connectivity index (χ1n) is 8.37. The molecule has 124 valence electrons. The summed E-state index contributed by atoms with van der Waals surface area (Å²) in [5, 5.41) is 0. The Bertz CT molecular complexity index is 794. The first-order valence-corrected chi connectivity index (χ1v) is 14.2. The second kappa shape index (κ2) is 6.60. The molecule has 1 saturated heterocycles. The van der Waals surface area contributed by atoms with Crippen molar-refractivity contribution in [2.75, 3.05) is 0 Å². The van der Waals surface area contributed by atoms with Crippen LogP contribution in [0.3, 0.4) is 0 Å². The minimum atomic E-state index is -2.29. The Morgan fingerprint density at radius 2 is 1.42 bits per heavy atom. The molecule has 1 fully saturated rings. The quantitative estimate of drug-likeness (QED) is 0.484. The van der Waals surface area contributed by atoms with Gasteiger partial charge in [0.2, 0.25) is 0 Å². The molecule has 2 aromatic rings. The Morgan fingerprint density at radius 1 is 0.875 bits per heavy atom. The normalized spacial score (nSPS) is 26.0. The first kappa shape index (κ1) is 18.2. The van der Waals surface area contributed by atoms with Crippen molar-refractivity contribution >= 4 is 24.8 Å². The zero-order valence-electron chi connectivity index (χ0n) is 13.7. The zero-order valence-corrected chi connectivity index (χ0v) is 17.8. The number of halogens is 2. The van der Waals surface area contributed by atoms with E-state index in [1.165, 1.54) is 21.7 Å². The van der Waals surface area contributed by atoms with Crippen LogP contribution >= 0.6 is 24.8 Å². The van der Waals surface area contributed by atoms with E-state index in [2.05, 4.69) is 73.7 Å². The Labute approximate surface area is 161 Å². The van der Waals surface area contributed by atoms with E-state index >= 15 is 0 Å². The minimum absolute atomic E-state index is 0. The molecule has 24 heavy (non-hydrogen) atoms. The molecule has 5 rings (SSSR count). The number of hydrogen-bond donors (Lipinski definition) is 0. The van der Waals surface area contributed by atoms with E-state index in [-0.39, 0.29) is 24.8 Å². The van der Waals surface area contributed by atoms with E-state index in [0.29, 0.717) is 0 Å². The van der Waals surface area contributed by atoms with Gasteiger partial charge in [-0.15, -0.1) is 24.8 Å². The largest absolute Gasteiger partial charge is 0.147 e. The molecule has 1 heterocycles. The van der Waals surface area contributed by atoms with E-state index in [0.717, 1.165) is 7.25 Å². The molecule has 2 atom stereocenters. The zero-order chi connectivity index (χ0) is 14.7. The van der Waals surface area contributed by atoms with E-state index in [1.54, 1.807) is 11.1 Å². The summed E-state index contributed by atoms with van der Waals surface area (Å²) in [4.78, 5) is 0. The van der Waals surface area contributed by atoms with Gasteiger partial charge in [-0.05, 0) is 0 Å². The van der Waals surface area contributed by atoms with Gasteiger partial charge in [0.25, 0.3) is 0 Å². The van der Waals surface area contributed by atoms with Crippen LogP contribution in [0.15, 0.2) is 70.0 Å². The summed E-state index contributed by atoms with van der Waals surface area (Å²) in [6, 6.07) is 18.4. The third-order valence-electron chi connectivity index (χ3n) is 6.08. The summed E-state index contributed by atoms with van der Waals surface area (Å²) in [7, 11) is 0. The molecule has 0 spiro atoms. The van der Waals surface area contributed by atoms with Gasteiger partial charge in [0.05, 0.1) is 0 Å². The summed E-state index contributed by atoms with van der Waals surface area (Å²) in [6.07, 6.45) is 8.38. The molecule has 3 heteroatoms. The predicted octanol–water partition coefficient (Wildman–Crippen LogP) is 6.84. The molecule has 0 nitrogen and oxygen atoms in total. The number of hydrogen-bond acceptors (Lipinski definition) is 0. The Morgan fingerprint density at radius 3 is 1.88 bits per heavy atom. The maximum Gasteiger partial charge on any atom is -0.147 e. The SMILES string of the molecule is C[CH]1[CH2][Zr]1([C]1=CC=CC1)[CH]1c2ccccc2-c2ccccc21.Cl.Cl. The molecule has 0 bridgehead atoms. The molecule has 2 aromatic carbocycles. The Kier molecular flexibility index (Phi) is 5.00. The van der Waals surface area contributed by atoms with Crippen LogP contribution in [0.25, 0.3) is 11.1 Å². The topological polar surface area (TPSA) is 0 Å². The summed E-state index contributed by atoms with van der Waals surface area (Å²) in [5.74, 6) is 0. The maximum atomic E-state index is 2.53. The minimum Gasteiger partial charge on any atom is -0.147 e. The van der Waals surface area contributed by atoms with Gasteiger partial charge in [0, 0.05) is 0 Å². The second-order valence-electron chi connectivity index (χ2n) is 7.08. The third kappa shape index (κ3) is 2.36. The van der Waals surface area contributed by atoms with Crippen molar-refractivity contribution in [3.05, 3.63) is 81.2 Å². The molecule has 0 amide bonds. The van der Waals surface area contributed by atoms with Crippen LogP contribution in [-0.2, 0) is 20.3 Å². The average molecular weight is 437 g/mol. The van der Waals surface area contributed by atoms with E-state index in [9.17, 15) is 0 Å². The van der Waals surface area contributed by atoms with Gasteiger partial charge < -0.3 is 0 Å². The maximum absolute atomic E-state index is 2.53. The monoisotopic (exact) mass is 434 g/mol. The molecule has 0 N–H and O–H groups in total. The molecule has 2 aliphatic carbocycles. The van der Waals surface area contributed by atoms with Gasteiger partial charge >= 0.3 is 137 Å². The van der Waals surface area contributed by atoms with Crippen molar-refractivity contribution in [2.45, 2.75) is 24.7 Å². The van der Waals surface area contributed by atoms with E-state index in [1.807, 2.05) is 3.28 Å². The standard InChI is InChI=1S/C13H9.C5H5.C3H6.2ClH.Zr/c1-3-7-12-10(5-1)9-11-6-2-4-8-13(11)12;1-2-4-5-3-1;1-3-2;;;/h1-9H;1-3H,4H2;3H,1H2,2H3;2*1H;. The molecule has 0 aromatic heterocycles. The van der Waals surface area contributed by atoms with E-state index < -0.39 is 20.3 Å². The van der Waals surface area contributed by atoms with E-state index in [4.69, 9.17) is 0 Å². The first-order chi connectivity index (χ1) is 10.8. The molecule has 2 unspecified atom stereocenters. The van der Waals surface area contributed by atoms with Gasteiger partial charge in [-0.1, -0.05) is 0 Å².